The van der Waals surface area contributed by atoms with E-state index < -0.39 is 0 Å². The first kappa shape index (κ1) is 15.8. The lowest BCUT2D eigenvalue weighted by Gasteiger charge is -2.44. The molecule has 0 aliphatic heterocycles. The van der Waals surface area contributed by atoms with Crippen molar-refractivity contribution in [2.24, 2.45) is 0 Å². The fourth-order valence-corrected chi connectivity index (χ4v) is 7.34. The van der Waals surface area contributed by atoms with E-state index in [9.17, 15) is 0 Å². The summed E-state index contributed by atoms with van der Waals surface area (Å²) < 4.78 is 0. The molecule has 0 unspecified atom stereocenters. The fraction of sp³-hybridized carbons (Fsp3) is 0.750. The zero-order valence-corrected chi connectivity index (χ0v) is 14.4. The minimum atomic E-state index is -0.101. The maximum atomic E-state index is 2.40. The third-order valence-electron chi connectivity index (χ3n) is 3.31. The van der Waals surface area contributed by atoms with Gasteiger partial charge < -0.3 is 4.90 Å². The number of hydrogen-bond acceptors (Lipinski definition) is 1. The standard InChI is InChI=1S/C16H30NP/c1-15(2,3)18(16(4,5)6)14-11-9-13(10-12-14)17(7)8/h9,11H,10,12H2,1-8H3. The van der Waals surface area contributed by atoms with Crippen LogP contribution < -0.4 is 0 Å². The van der Waals surface area contributed by atoms with E-state index in [1.807, 2.05) is 0 Å². The molecule has 0 aromatic rings. The maximum Gasteiger partial charge on any atom is 0.0131 e. The highest BCUT2D eigenvalue weighted by Gasteiger charge is 2.36. The summed E-state index contributed by atoms with van der Waals surface area (Å²) in [6.45, 7) is 14.4. The normalized spacial score (nSPS) is 17.6. The van der Waals surface area contributed by atoms with Gasteiger partial charge in [-0.1, -0.05) is 55.5 Å². The number of rotatable bonds is 2. The number of allylic oxidation sites excluding steroid dienone is 4. The van der Waals surface area contributed by atoms with Crippen LogP contribution in [-0.4, -0.2) is 29.3 Å². The topological polar surface area (TPSA) is 3.24 Å². The Morgan fingerprint density at radius 3 is 1.67 bits per heavy atom. The van der Waals surface area contributed by atoms with E-state index in [4.69, 9.17) is 0 Å². The summed E-state index contributed by atoms with van der Waals surface area (Å²) in [6.07, 6.45) is 7.17. The maximum absolute atomic E-state index is 2.40. The molecule has 0 amide bonds. The van der Waals surface area contributed by atoms with Crippen LogP contribution in [0.2, 0.25) is 0 Å². The van der Waals surface area contributed by atoms with Crippen LogP contribution in [0.1, 0.15) is 54.4 Å². The van der Waals surface area contributed by atoms with Gasteiger partial charge in [-0.2, -0.15) is 0 Å². The third kappa shape index (κ3) is 3.85. The van der Waals surface area contributed by atoms with Crippen LogP contribution in [0.5, 0.6) is 0 Å². The Morgan fingerprint density at radius 2 is 1.39 bits per heavy atom. The summed E-state index contributed by atoms with van der Waals surface area (Å²) in [4.78, 5) is 2.24. The molecule has 0 aromatic heterocycles. The molecule has 0 saturated heterocycles. The molecule has 1 aliphatic rings. The quantitative estimate of drug-likeness (QED) is 0.622. The van der Waals surface area contributed by atoms with Crippen molar-refractivity contribution in [1.29, 1.82) is 0 Å². The van der Waals surface area contributed by atoms with Gasteiger partial charge in [0, 0.05) is 19.8 Å². The minimum absolute atomic E-state index is 0.101. The van der Waals surface area contributed by atoms with E-state index >= 15 is 0 Å². The monoisotopic (exact) mass is 267 g/mol. The predicted molar refractivity (Wildman–Crippen MR) is 85.5 cm³/mol. The first-order valence-corrected chi connectivity index (χ1v) is 8.25. The smallest absolute Gasteiger partial charge is 0.0131 e. The van der Waals surface area contributed by atoms with E-state index in [0.29, 0.717) is 10.3 Å². The van der Waals surface area contributed by atoms with Gasteiger partial charge >= 0.3 is 0 Å². The van der Waals surface area contributed by atoms with Gasteiger partial charge in [-0.15, -0.1) is 0 Å². The Kier molecular flexibility index (Phi) is 4.70. The Balaban J connectivity index is 3.04. The summed E-state index contributed by atoms with van der Waals surface area (Å²) in [7, 11) is 4.18. The average molecular weight is 267 g/mol. The molecule has 18 heavy (non-hydrogen) atoms. The molecule has 104 valence electrons. The highest BCUT2D eigenvalue weighted by molar-refractivity contribution is 7.65. The SMILES string of the molecule is CN(C)C1=CC=C(P(C(C)(C)C)C(C)(C)C)CC1. The number of hydrogen-bond donors (Lipinski definition) is 0. The van der Waals surface area contributed by atoms with Crippen molar-refractivity contribution in [1.82, 2.24) is 4.90 Å². The van der Waals surface area contributed by atoms with E-state index in [0.717, 1.165) is 0 Å². The molecule has 0 fully saturated rings. The summed E-state index contributed by atoms with van der Waals surface area (Å²) >= 11 is 0. The van der Waals surface area contributed by atoms with Crippen molar-refractivity contribution in [3.63, 3.8) is 0 Å². The van der Waals surface area contributed by atoms with Crippen LogP contribution in [0.15, 0.2) is 23.2 Å². The van der Waals surface area contributed by atoms with Crippen LogP contribution in [-0.2, 0) is 0 Å². The first-order chi connectivity index (χ1) is 8.03. The van der Waals surface area contributed by atoms with Crippen molar-refractivity contribution in [3.8, 4) is 0 Å². The first-order valence-electron chi connectivity index (χ1n) is 6.91. The van der Waals surface area contributed by atoms with Crippen molar-refractivity contribution in [2.45, 2.75) is 64.7 Å². The molecule has 1 rings (SSSR count). The Hall–Kier alpha value is -0.290. The van der Waals surface area contributed by atoms with Crippen LogP contribution in [0, 0.1) is 0 Å². The molecular formula is C16H30NP. The van der Waals surface area contributed by atoms with Crippen molar-refractivity contribution < 1.29 is 0 Å². The summed E-state index contributed by atoms with van der Waals surface area (Å²) in [5.74, 6) is 0. The Bertz CT molecular complexity index is 336. The molecule has 0 N–H and O–H groups in total. The lowest BCUT2D eigenvalue weighted by atomic mass is 10.1. The van der Waals surface area contributed by atoms with Gasteiger partial charge in [-0.3, -0.25) is 0 Å². The van der Waals surface area contributed by atoms with Crippen molar-refractivity contribution >= 4 is 7.92 Å². The molecule has 1 nitrogen and oxygen atoms in total. The Morgan fingerprint density at radius 1 is 0.889 bits per heavy atom. The predicted octanol–water partition coefficient (Wildman–Crippen LogP) is 5.19. The van der Waals surface area contributed by atoms with Gasteiger partial charge in [0.2, 0.25) is 0 Å². The van der Waals surface area contributed by atoms with E-state index in [1.165, 1.54) is 18.5 Å². The van der Waals surface area contributed by atoms with Gasteiger partial charge in [-0.25, -0.2) is 0 Å². The lowest BCUT2D eigenvalue weighted by Crippen LogP contribution is -2.26. The van der Waals surface area contributed by atoms with E-state index in [2.05, 4.69) is 72.7 Å². The molecular weight excluding hydrogens is 237 g/mol. The van der Waals surface area contributed by atoms with Crippen LogP contribution in [0.25, 0.3) is 0 Å². The van der Waals surface area contributed by atoms with E-state index in [1.54, 1.807) is 5.31 Å². The second kappa shape index (κ2) is 5.37. The molecule has 0 aromatic carbocycles. The van der Waals surface area contributed by atoms with Crippen molar-refractivity contribution in [2.75, 3.05) is 14.1 Å². The molecule has 0 radical (unpaired) electrons. The Labute approximate surface area is 115 Å². The average Bonchev–Trinajstić information content (AvgIpc) is 2.13. The fourth-order valence-electron chi connectivity index (χ4n) is 3.04. The zero-order valence-electron chi connectivity index (χ0n) is 13.5. The minimum Gasteiger partial charge on any atom is -0.381 e. The molecule has 0 saturated carbocycles. The molecule has 0 spiro atoms. The van der Waals surface area contributed by atoms with Crippen molar-refractivity contribution in [3.05, 3.63) is 23.2 Å². The highest BCUT2D eigenvalue weighted by Crippen LogP contribution is 2.66. The largest absolute Gasteiger partial charge is 0.381 e. The number of nitrogens with zero attached hydrogens (tertiary/aromatic N) is 1. The summed E-state index contributed by atoms with van der Waals surface area (Å²) in [5, 5.41) is 2.47. The lowest BCUT2D eigenvalue weighted by molar-refractivity contribution is 0.485. The van der Waals surface area contributed by atoms with Gasteiger partial charge in [0.05, 0.1) is 0 Å². The summed E-state index contributed by atoms with van der Waals surface area (Å²) in [5.41, 5.74) is 1.46. The molecule has 0 heterocycles. The third-order valence-corrected chi connectivity index (χ3v) is 6.94. The molecule has 2 heteroatoms. The zero-order chi connectivity index (χ0) is 14.1. The van der Waals surface area contributed by atoms with Gasteiger partial charge in [0.1, 0.15) is 0 Å². The highest BCUT2D eigenvalue weighted by atomic mass is 31.1. The van der Waals surface area contributed by atoms with Crippen LogP contribution in [0.4, 0.5) is 0 Å². The molecule has 0 atom stereocenters. The second-order valence-electron chi connectivity index (χ2n) is 7.39. The second-order valence-corrected chi connectivity index (χ2v) is 11.3. The van der Waals surface area contributed by atoms with E-state index in [-0.39, 0.29) is 7.92 Å². The van der Waals surface area contributed by atoms with Crippen LogP contribution in [0.3, 0.4) is 0 Å². The summed E-state index contributed by atoms with van der Waals surface area (Å²) in [6, 6.07) is 0. The molecule has 0 bridgehead atoms. The molecule has 1 aliphatic carbocycles. The van der Waals surface area contributed by atoms with Gasteiger partial charge in [0.15, 0.2) is 0 Å². The van der Waals surface area contributed by atoms with Crippen LogP contribution >= 0.6 is 7.92 Å². The van der Waals surface area contributed by atoms with Gasteiger partial charge in [-0.05, 0) is 34.5 Å². The van der Waals surface area contributed by atoms with Gasteiger partial charge in [0.25, 0.3) is 0 Å².